The third-order valence-corrected chi connectivity index (χ3v) is 3.12. The molecule has 0 aromatic heterocycles. The summed E-state index contributed by atoms with van der Waals surface area (Å²) in [6, 6.07) is 6.72. The summed E-state index contributed by atoms with van der Waals surface area (Å²) in [6.45, 7) is 1.45. The van der Waals surface area contributed by atoms with Crippen LogP contribution in [0.1, 0.15) is 32.6 Å². The van der Waals surface area contributed by atoms with Crippen LogP contribution in [0.25, 0.3) is 0 Å². The Morgan fingerprint density at radius 3 is 2.10 bits per heavy atom. The third kappa shape index (κ3) is 4.42. The van der Waals surface area contributed by atoms with Crippen molar-refractivity contribution in [1.82, 2.24) is 5.32 Å². The van der Waals surface area contributed by atoms with E-state index in [0.29, 0.717) is 11.4 Å². The second kappa shape index (κ2) is 6.75. The lowest BCUT2D eigenvalue weighted by atomic mass is 10.2. The van der Waals surface area contributed by atoms with E-state index in [2.05, 4.69) is 16.0 Å². The van der Waals surface area contributed by atoms with Gasteiger partial charge in [0, 0.05) is 24.5 Å². The first kappa shape index (κ1) is 14.1. The van der Waals surface area contributed by atoms with Crippen LogP contribution in [0.2, 0.25) is 0 Å². The van der Waals surface area contributed by atoms with Crippen LogP contribution < -0.4 is 16.0 Å². The van der Waals surface area contributed by atoms with Gasteiger partial charge in [-0.25, -0.2) is 4.79 Å². The van der Waals surface area contributed by atoms with E-state index in [0.717, 1.165) is 12.8 Å². The number of benzene rings is 1. The lowest BCUT2D eigenvalue weighted by molar-refractivity contribution is -0.114. The van der Waals surface area contributed by atoms with Crippen LogP contribution in [0.15, 0.2) is 36.0 Å². The molecule has 2 rings (SSSR count). The molecule has 0 saturated heterocycles. The molecule has 3 N–H and O–H groups in total. The fourth-order valence-electron chi connectivity index (χ4n) is 2.15. The molecule has 5 heteroatoms. The van der Waals surface area contributed by atoms with Gasteiger partial charge in [0.15, 0.2) is 0 Å². The van der Waals surface area contributed by atoms with Crippen LogP contribution in [0.3, 0.4) is 0 Å². The van der Waals surface area contributed by atoms with Crippen molar-refractivity contribution in [1.29, 1.82) is 0 Å². The minimum Gasteiger partial charge on any atom is -0.326 e. The molecule has 0 radical (unpaired) electrons. The Morgan fingerprint density at radius 2 is 1.55 bits per heavy atom. The number of rotatable bonds is 3. The van der Waals surface area contributed by atoms with Gasteiger partial charge < -0.3 is 16.0 Å². The summed E-state index contributed by atoms with van der Waals surface area (Å²) in [5, 5.41) is 8.15. The summed E-state index contributed by atoms with van der Waals surface area (Å²) in [5.74, 6) is -0.119. The summed E-state index contributed by atoms with van der Waals surface area (Å²) in [7, 11) is 0. The molecule has 0 heterocycles. The summed E-state index contributed by atoms with van der Waals surface area (Å²) >= 11 is 0. The van der Waals surface area contributed by atoms with Crippen molar-refractivity contribution in [2.24, 2.45) is 0 Å². The SMILES string of the molecule is CC(=O)Nc1ccc(NC(=O)NC=C2CCCC2)cc1. The van der Waals surface area contributed by atoms with Crippen LogP contribution in [0, 0.1) is 0 Å². The number of hydrogen-bond donors (Lipinski definition) is 3. The van der Waals surface area contributed by atoms with Crippen LogP contribution in [-0.4, -0.2) is 11.9 Å². The highest BCUT2D eigenvalue weighted by molar-refractivity contribution is 5.91. The van der Waals surface area contributed by atoms with Crippen molar-refractivity contribution in [3.8, 4) is 0 Å². The first-order chi connectivity index (χ1) is 9.63. The molecule has 0 atom stereocenters. The smallest absolute Gasteiger partial charge is 0.323 e. The third-order valence-electron chi connectivity index (χ3n) is 3.12. The molecule has 1 aromatic rings. The molecule has 0 unspecified atom stereocenters. The fourth-order valence-corrected chi connectivity index (χ4v) is 2.15. The molecule has 106 valence electrons. The number of hydrogen-bond acceptors (Lipinski definition) is 2. The van der Waals surface area contributed by atoms with Gasteiger partial charge in [0.2, 0.25) is 5.91 Å². The maximum atomic E-state index is 11.7. The number of amides is 3. The second-order valence-electron chi connectivity index (χ2n) is 4.87. The lowest BCUT2D eigenvalue weighted by Crippen LogP contribution is -2.24. The minimum atomic E-state index is -0.253. The number of nitrogens with one attached hydrogen (secondary N) is 3. The highest BCUT2D eigenvalue weighted by Crippen LogP contribution is 2.22. The van der Waals surface area contributed by atoms with E-state index in [1.807, 2.05) is 0 Å². The van der Waals surface area contributed by atoms with E-state index in [4.69, 9.17) is 0 Å². The normalized spacial score (nSPS) is 13.8. The number of anilines is 2. The maximum Gasteiger partial charge on any atom is 0.323 e. The zero-order valence-electron chi connectivity index (χ0n) is 11.5. The maximum absolute atomic E-state index is 11.7. The summed E-state index contributed by atoms with van der Waals surface area (Å²) in [6.07, 6.45) is 6.37. The van der Waals surface area contributed by atoms with Crippen molar-refractivity contribution in [3.63, 3.8) is 0 Å². The molecule has 0 aliphatic heterocycles. The molecular formula is C15H19N3O2. The van der Waals surface area contributed by atoms with Crippen molar-refractivity contribution in [2.45, 2.75) is 32.6 Å². The highest BCUT2D eigenvalue weighted by Gasteiger charge is 2.07. The fraction of sp³-hybridized carbons (Fsp3) is 0.333. The van der Waals surface area contributed by atoms with Gasteiger partial charge in [-0.05, 0) is 49.9 Å². The highest BCUT2D eigenvalue weighted by atomic mass is 16.2. The Kier molecular flexibility index (Phi) is 4.76. The van der Waals surface area contributed by atoms with Gasteiger partial charge in [0.1, 0.15) is 0 Å². The molecule has 1 fully saturated rings. The molecule has 1 saturated carbocycles. The number of urea groups is 1. The van der Waals surface area contributed by atoms with Crippen molar-refractivity contribution in [3.05, 3.63) is 36.0 Å². The quantitative estimate of drug-likeness (QED) is 0.791. The van der Waals surface area contributed by atoms with E-state index in [-0.39, 0.29) is 11.9 Å². The van der Waals surface area contributed by atoms with Crippen LogP contribution in [0.5, 0.6) is 0 Å². The Labute approximate surface area is 118 Å². The predicted molar refractivity (Wildman–Crippen MR) is 79.5 cm³/mol. The Hall–Kier alpha value is -2.30. The molecule has 3 amide bonds. The van der Waals surface area contributed by atoms with Gasteiger partial charge in [0.25, 0.3) is 0 Å². The van der Waals surface area contributed by atoms with Crippen molar-refractivity contribution >= 4 is 23.3 Å². The standard InChI is InChI=1S/C15H19N3O2/c1-11(19)17-13-6-8-14(9-7-13)18-15(20)16-10-12-4-2-3-5-12/h6-10H,2-5H2,1H3,(H,17,19)(H2,16,18,20). The van der Waals surface area contributed by atoms with Crippen LogP contribution in [0.4, 0.5) is 16.2 Å². The van der Waals surface area contributed by atoms with E-state index < -0.39 is 0 Å². The van der Waals surface area contributed by atoms with Crippen LogP contribution >= 0.6 is 0 Å². The molecule has 0 spiro atoms. The monoisotopic (exact) mass is 273 g/mol. The zero-order chi connectivity index (χ0) is 14.4. The van der Waals surface area contributed by atoms with E-state index >= 15 is 0 Å². The molecule has 0 bridgehead atoms. The first-order valence-electron chi connectivity index (χ1n) is 6.76. The van der Waals surface area contributed by atoms with Gasteiger partial charge in [-0.15, -0.1) is 0 Å². The molecular weight excluding hydrogens is 254 g/mol. The second-order valence-corrected chi connectivity index (χ2v) is 4.87. The number of carbonyl (C=O) groups is 2. The number of carbonyl (C=O) groups excluding carboxylic acids is 2. The van der Waals surface area contributed by atoms with Crippen LogP contribution in [-0.2, 0) is 4.79 Å². The molecule has 5 nitrogen and oxygen atoms in total. The predicted octanol–water partition coefficient (Wildman–Crippen LogP) is 3.22. The summed E-state index contributed by atoms with van der Waals surface area (Å²) in [5.41, 5.74) is 2.68. The summed E-state index contributed by atoms with van der Waals surface area (Å²) < 4.78 is 0. The van der Waals surface area contributed by atoms with Gasteiger partial charge >= 0.3 is 6.03 Å². The average Bonchev–Trinajstić information content (AvgIpc) is 2.91. The van der Waals surface area contributed by atoms with Gasteiger partial charge in [0.05, 0.1) is 0 Å². The molecule has 1 aliphatic rings. The largest absolute Gasteiger partial charge is 0.326 e. The van der Waals surface area contributed by atoms with Crippen molar-refractivity contribution < 1.29 is 9.59 Å². The molecule has 20 heavy (non-hydrogen) atoms. The Bertz CT molecular complexity index is 512. The minimum absolute atomic E-state index is 0.119. The van der Waals surface area contributed by atoms with Crippen molar-refractivity contribution in [2.75, 3.05) is 10.6 Å². The summed E-state index contributed by atoms with van der Waals surface area (Å²) in [4.78, 5) is 22.6. The van der Waals surface area contributed by atoms with Gasteiger partial charge in [-0.2, -0.15) is 0 Å². The topological polar surface area (TPSA) is 70.2 Å². The average molecular weight is 273 g/mol. The molecule has 1 aromatic carbocycles. The van der Waals surface area contributed by atoms with E-state index in [9.17, 15) is 9.59 Å². The molecule has 1 aliphatic carbocycles. The number of allylic oxidation sites excluding steroid dienone is 1. The van der Waals surface area contributed by atoms with E-state index in [1.54, 1.807) is 30.5 Å². The zero-order valence-corrected chi connectivity index (χ0v) is 11.5. The Balaban J connectivity index is 1.84. The van der Waals surface area contributed by atoms with E-state index in [1.165, 1.54) is 25.3 Å². The van der Waals surface area contributed by atoms with Gasteiger partial charge in [-0.3, -0.25) is 4.79 Å². The van der Waals surface area contributed by atoms with Gasteiger partial charge in [-0.1, -0.05) is 5.57 Å². The lowest BCUT2D eigenvalue weighted by Gasteiger charge is -2.07. The first-order valence-corrected chi connectivity index (χ1v) is 6.76. The Morgan fingerprint density at radius 1 is 1.00 bits per heavy atom.